The van der Waals surface area contributed by atoms with Gasteiger partial charge in [0, 0.05) is 12.2 Å². The van der Waals surface area contributed by atoms with Crippen molar-refractivity contribution in [3.63, 3.8) is 0 Å². The van der Waals surface area contributed by atoms with Crippen molar-refractivity contribution in [1.82, 2.24) is 5.43 Å². The van der Waals surface area contributed by atoms with Crippen LogP contribution in [0.15, 0.2) is 18.2 Å². The highest BCUT2D eigenvalue weighted by Gasteiger charge is 2.14. The maximum absolute atomic E-state index is 13.6. The van der Waals surface area contributed by atoms with Gasteiger partial charge < -0.3 is 4.74 Å². The first-order valence-electron chi connectivity index (χ1n) is 5.49. The van der Waals surface area contributed by atoms with Gasteiger partial charge in [0.05, 0.1) is 12.6 Å². The number of nitrogens with one attached hydrogen (secondary N) is 1. The normalized spacial score (nSPS) is 12.8. The van der Waals surface area contributed by atoms with Gasteiger partial charge >= 0.3 is 0 Å². The molecule has 0 bridgehead atoms. The van der Waals surface area contributed by atoms with E-state index < -0.39 is 0 Å². The summed E-state index contributed by atoms with van der Waals surface area (Å²) in [4.78, 5) is 0. The van der Waals surface area contributed by atoms with Gasteiger partial charge in [-0.1, -0.05) is 24.6 Å². The summed E-state index contributed by atoms with van der Waals surface area (Å²) in [5, 5.41) is 0. The Morgan fingerprint density at radius 3 is 2.88 bits per heavy atom. The van der Waals surface area contributed by atoms with Gasteiger partial charge in [-0.2, -0.15) is 0 Å². The Morgan fingerprint density at radius 2 is 2.25 bits per heavy atom. The Labute approximate surface area is 95.8 Å². The van der Waals surface area contributed by atoms with Crippen LogP contribution in [0.25, 0.3) is 0 Å². The topological polar surface area (TPSA) is 47.3 Å². The average molecular weight is 226 g/mol. The van der Waals surface area contributed by atoms with Gasteiger partial charge in [-0.15, -0.1) is 0 Å². The molecule has 0 aromatic heterocycles. The molecule has 1 rings (SSSR count). The van der Waals surface area contributed by atoms with Crippen LogP contribution in [0.4, 0.5) is 4.39 Å². The quantitative estimate of drug-likeness (QED) is 0.443. The Balaban J connectivity index is 2.73. The van der Waals surface area contributed by atoms with Gasteiger partial charge in [0.25, 0.3) is 0 Å². The average Bonchev–Trinajstić information content (AvgIpc) is 2.28. The van der Waals surface area contributed by atoms with Crippen LogP contribution < -0.4 is 11.3 Å². The summed E-state index contributed by atoms with van der Waals surface area (Å²) < 4.78 is 18.9. The molecular weight excluding hydrogens is 207 g/mol. The van der Waals surface area contributed by atoms with Crippen molar-refractivity contribution in [3.05, 3.63) is 35.1 Å². The molecule has 16 heavy (non-hydrogen) atoms. The largest absolute Gasteiger partial charge is 0.379 e. The predicted molar refractivity (Wildman–Crippen MR) is 62.3 cm³/mol. The number of halogens is 1. The fourth-order valence-electron chi connectivity index (χ4n) is 1.50. The zero-order valence-corrected chi connectivity index (χ0v) is 9.79. The summed E-state index contributed by atoms with van der Waals surface area (Å²) in [5.41, 5.74) is 4.14. The molecule has 1 aromatic carbocycles. The molecule has 1 atom stereocenters. The lowest BCUT2D eigenvalue weighted by Gasteiger charge is -2.17. The van der Waals surface area contributed by atoms with E-state index in [2.05, 4.69) is 5.43 Å². The lowest BCUT2D eigenvalue weighted by Crippen LogP contribution is -2.32. The molecule has 0 saturated carbocycles. The number of rotatable bonds is 6. The maximum Gasteiger partial charge on any atom is 0.128 e. The molecule has 0 heterocycles. The Kier molecular flexibility index (Phi) is 5.38. The number of hydrogen-bond donors (Lipinski definition) is 2. The fraction of sp³-hybridized carbons (Fsp3) is 0.500. The molecule has 0 radical (unpaired) electrons. The molecule has 0 spiro atoms. The smallest absolute Gasteiger partial charge is 0.128 e. The van der Waals surface area contributed by atoms with Crippen molar-refractivity contribution in [2.75, 3.05) is 13.2 Å². The summed E-state index contributed by atoms with van der Waals surface area (Å²) in [5.74, 6) is 5.15. The number of hydrazine groups is 1. The van der Waals surface area contributed by atoms with E-state index in [1.54, 1.807) is 12.1 Å². The Morgan fingerprint density at radius 1 is 1.50 bits per heavy atom. The minimum atomic E-state index is -0.300. The highest BCUT2D eigenvalue weighted by molar-refractivity contribution is 5.26. The van der Waals surface area contributed by atoms with Gasteiger partial charge in [0.2, 0.25) is 0 Å². The number of benzene rings is 1. The Bertz CT molecular complexity index is 331. The van der Waals surface area contributed by atoms with Crippen molar-refractivity contribution in [3.8, 4) is 0 Å². The number of aryl methyl sites for hydroxylation is 1. The minimum Gasteiger partial charge on any atom is -0.379 e. The van der Waals surface area contributed by atoms with E-state index in [4.69, 9.17) is 10.6 Å². The summed E-state index contributed by atoms with van der Waals surface area (Å²) in [7, 11) is 0. The zero-order chi connectivity index (χ0) is 12.0. The third kappa shape index (κ3) is 3.56. The number of nitrogens with two attached hydrogens (primary N) is 1. The van der Waals surface area contributed by atoms with Crippen molar-refractivity contribution < 1.29 is 9.13 Å². The first-order chi connectivity index (χ1) is 7.69. The highest BCUT2D eigenvalue weighted by atomic mass is 19.1. The van der Waals surface area contributed by atoms with Crippen molar-refractivity contribution >= 4 is 0 Å². The van der Waals surface area contributed by atoms with Crippen LogP contribution in [0.5, 0.6) is 0 Å². The van der Waals surface area contributed by atoms with Gasteiger partial charge in [0.15, 0.2) is 0 Å². The van der Waals surface area contributed by atoms with E-state index >= 15 is 0 Å². The van der Waals surface area contributed by atoms with Crippen LogP contribution >= 0.6 is 0 Å². The standard InChI is InChI=1S/C12H19FN2O/c1-3-6-16-8-12(15-14)10-7-9(2)4-5-11(10)13/h4-5,7,12,15H,3,6,8,14H2,1-2H3. The third-order valence-electron chi connectivity index (χ3n) is 2.36. The summed E-state index contributed by atoms with van der Waals surface area (Å²) >= 11 is 0. The third-order valence-corrected chi connectivity index (χ3v) is 2.36. The van der Waals surface area contributed by atoms with Crippen LogP contribution in [0.3, 0.4) is 0 Å². The van der Waals surface area contributed by atoms with E-state index in [0.717, 1.165) is 12.0 Å². The number of ether oxygens (including phenoxy) is 1. The van der Waals surface area contributed by atoms with Crippen molar-refractivity contribution in [2.24, 2.45) is 5.84 Å². The van der Waals surface area contributed by atoms with E-state index in [-0.39, 0.29) is 11.9 Å². The Hall–Kier alpha value is -0.970. The monoisotopic (exact) mass is 226 g/mol. The van der Waals surface area contributed by atoms with E-state index in [0.29, 0.717) is 18.8 Å². The maximum atomic E-state index is 13.6. The molecule has 3 nitrogen and oxygen atoms in total. The molecule has 0 aliphatic rings. The minimum absolute atomic E-state index is 0.256. The van der Waals surface area contributed by atoms with E-state index in [1.807, 2.05) is 13.8 Å². The highest BCUT2D eigenvalue weighted by Crippen LogP contribution is 2.18. The van der Waals surface area contributed by atoms with Crippen LogP contribution in [-0.4, -0.2) is 13.2 Å². The van der Waals surface area contributed by atoms with Gasteiger partial charge in [-0.25, -0.2) is 4.39 Å². The molecule has 0 aliphatic carbocycles. The first-order valence-corrected chi connectivity index (χ1v) is 5.49. The number of hydrogen-bond acceptors (Lipinski definition) is 3. The lowest BCUT2D eigenvalue weighted by molar-refractivity contribution is 0.111. The van der Waals surface area contributed by atoms with Crippen LogP contribution in [0.2, 0.25) is 0 Å². The SMILES string of the molecule is CCCOCC(NN)c1cc(C)ccc1F. The van der Waals surface area contributed by atoms with Gasteiger partial charge in [-0.3, -0.25) is 11.3 Å². The summed E-state index contributed by atoms with van der Waals surface area (Å²) in [6.45, 7) is 4.98. The van der Waals surface area contributed by atoms with Gasteiger partial charge in [0.1, 0.15) is 5.82 Å². The first kappa shape index (κ1) is 13.1. The second-order valence-electron chi connectivity index (χ2n) is 3.82. The zero-order valence-electron chi connectivity index (χ0n) is 9.79. The van der Waals surface area contributed by atoms with E-state index in [1.165, 1.54) is 6.07 Å². The van der Waals surface area contributed by atoms with Gasteiger partial charge in [-0.05, 0) is 19.4 Å². The molecule has 0 fully saturated rings. The van der Waals surface area contributed by atoms with Crippen LogP contribution in [-0.2, 0) is 4.74 Å². The van der Waals surface area contributed by atoms with Crippen molar-refractivity contribution in [2.45, 2.75) is 26.3 Å². The summed E-state index contributed by atoms with van der Waals surface area (Å²) in [6.07, 6.45) is 0.938. The molecule has 3 N–H and O–H groups in total. The molecular formula is C12H19FN2O. The molecule has 1 unspecified atom stereocenters. The molecule has 90 valence electrons. The van der Waals surface area contributed by atoms with E-state index in [9.17, 15) is 4.39 Å². The molecule has 0 aliphatic heterocycles. The van der Waals surface area contributed by atoms with Crippen LogP contribution in [0.1, 0.15) is 30.5 Å². The second kappa shape index (κ2) is 6.58. The van der Waals surface area contributed by atoms with Crippen LogP contribution in [0, 0.1) is 12.7 Å². The fourth-order valence-corrected chi connectivity index (χ4v) is 1.50. The summed E-state index contributed by atoms with van der Waals surface area (Å²) in [6, 6.07) is 4.68. The molecule has 0 amide bonds. The second-order valence-corrected chi connectivity index (χ2v) is 3.82. The molecule has 0 saturated heterocycles. The van der Waals surface area contributed by atoms with Crippen molar-refractivity contribution in [1.29, 1.82) is 0 Å². The predicted octanol–water partition coefficient (Wildman–Crippen LogP) is 2.07. The molecule has 4 heteroatoms. The lowest BCUT2D eigenvalue weighted by atomic mass is 10.0. The molecule has 1 aromatic rings.